The monoisotopic (exact) mass is 354 g/mol. The fourth-order valence-electron chi connectivity index (χ4n) is 2.51. The van der Waals surface area contributed by atoms with Crippen molar-refractivity contribution in [2.45, 2.75) is 13.3 Å². The fraction of sp³-hybridized carbons (Fsp3) is 0.250. The van der Waals surface area contributed by atoms with Gasteiger partial charge in [0.1, 0.15) is 0 Å². The maximum atomic E-state index is 12.4. The number of anilines is 1. The predicted molar refractivity (Wildman–Crippen MR) is 99.2 cm³/mol. The van der Waals surface area contributed by atoms with E-state index in [1.807, 2.05) is 31.2 Å². The smallest absolute Gasteiger partial charge is 0.337 e. The number of likely N-dealkylation sites (N-methyl/N-ethyl adjacent to an activating group) is 1. The highest BCUT2D eigenvalue weighted by atomic mass is 16.5. The number of ether oxygens (including phenoxy) is 1. The summed E-state index contributed by atoms with van der Waals surface area (Å²) in [6.45, 7) is 1.94. The molecule has 136 valence electrons. The van der Waals surface area contributed by atoms with E-state index in [9.17, 15) is 14.4 Å². The Morgan fingerprint density at radius 2 is 1.62 bits per heavy atom. The lowest BCUT2D eigenvalue weighted by Crippen LogP contribution is -2.35. The second kappa shape index (κ2) is 8.80. The van der Waals surface area contributed by atoms with Crippen molar-refractivity contribution in [2.75, 3.05) is 26.0 Å². The molecule has 0 saturated carbocycles. The van der Waals surface area contributed by atoms with E-state index in [2.05, 4.69) is 10.1 Å². The number of esters is 1. The zero-order valence-corrected chi connectivity index (χ0v) is 15.1. The molecule has 26 heavy (non-hydrogen) atoms. The van der Waals surface area contributed by atoms with Crippen LogP contribution >= 0.6 is 0 Å². The van der Waals surface area contributed by atoms with Crippen LogP contribution in [0.15, 0.2) is 48.5 Å². The minimum atomic E-state index is -0.466. The third kappa shape index (κ3) is 4.69. The molecule has 1 N–H and O–H groups in total. The number of rotatable bonds is 6. The summed E-state index contributed by atoms with van der Waals surface area (Å²) >= 11 is 0. The van der Waals surface area contributed by atoms with E-state index in [-0.39, 0.29) is 18.4 Å². The van der Waals surface area contributed by atoms with Crippen molar-refractivity contribution in [2.24, 2.45) is 0 Å². The van der Waals surface area contributed by atoms with Crippen molar-refractivity contribution in [3.05, 3.63) is 65.2 Å². The minimum absolute atomic E-state index is 0.0738. The lowest BCUT2D eigenvalue weighted by molar-refractivity contribution is -0.116. The first kappa shape index (κ1) is 19.2. The van der Waals surface area contributed by atoms with Gasteiger partial charge in [-0.1, -0.05) is 25.1 Å². The van der Waals surface area contributed by atoms with Crippen LogP contribution in [0.1, 0.15) is 33.2 Å². The van der Waals surface area contributed by atoms with Gasteiger partial charge in [0.25, 0.3) is 5.91 Å². The van der Waals surface area contributed by atoms with Crippen LogP contribution in [0.2, 0.25) is 0 Å². The van der Waals surface area contributed by atoms with E-state index >= 15 is 0 Å². The summed E-state index contributed by atoms with van der Waals surface area (Å²) in [6, 6.07) is 13.7. The Kier molecular flexibility index (Phi) is 6.49. The Morgan fingerprint density at radius 1 is 1.00 bits per heavy atom. The molecule has 0 unspecified atom stereocenters. The number of aryl methyl sites for hydroxylation is 1. The molecule has 0 atom stereocenters. The summed E-state index contributed by atoms with van der Waals surface area (Å²) in [5, 5.41) is 2.84. The molecule has 6 nitrogen and oxygen atoms in total. The molecule has 0 radical (unpaired) electrons. The molecule has 2 aromatic carbocycles. The fourth-order valence-corrected chi connectivity index (χ4v) is 2.51. The molecule has 0 aromatic heterocycles. The Balaban J connectivity index is 2.00. The standard InChI is InChI=1S/C20H22N2O4/c1-4-14-7-5-6-8-17(14)21-18(23)13-22(2)19(24)15-9-11-16(12-10-15)20(25)26-3/h5-12H,4,13H2,1-3H3,(H,21,23). The quantitative estimate of drug-likeness (QED) is 0.810. The van der Waals surface area contributed by atoms with Gasteiger partial charge in [-0.05, 0) is 42.3 Å². The average molecular weight is 354 g/mol. The lowest BCUT2D eigenvalue weighted by Gasteiger charge is -2.18. The second-order valence-electron chi connectivity index (χ2n) is 5.79. The molecule has 0 bridgehead atoms. The number of benzene rings is 2. The topological polar surface area (TPSA) is 75.7 Å². The summed E-state index contributed by atoms with van der Waals surface area (Å²) in [6.07, 6.45) is 0.803. The van der Waals surface area contributed by atoms with E-state index in [0.29, 0.717) is 11.1 Å². The van der Waals surface area contributed by atoms with Gasteiger partial charge >= 0.3 is 5.97 Å². The molecule has 0 heterocycles. The van der Waals surface area contributed by atoms with Gasteiger partial charge in [-0.15, -0.1) is 0 Å². The van der Waals surface area contributed by atoms with Crippen molar-refractivity contribution in [1.29, 1.82) is 0 Å². The summed E-state index contributed by atoms with van der Waals surface area (Å²) in [5.74, 6) is -1.04. The summed E-state index contributed by atoms with van der Waals surface area (Å²) in [7, 11) is 2.85. The van der Waals surface area contributed by atoms with E-state index in [1.54, 1.807) is 7.05 Å². The van der Waals surface area contributed by atoms with Gasteiger partial charge < -0.3 is 15.0 Å². The summed E-state index contributed by atoms with van der Waals surface area (Å²) < 4.78 is 4.62. The van der Waals surface area contributed by atoms with Gasteiger partial charge in [0.15, 0.2) is 0 Å². The largest absolute Gasteiger partial charge is 0.465 e. The van der Waals surface area contributed by atoms with Crippen molar-refractivity contribution >= 4 is 23.5 Å². The van der Waals surface area contributed by atoms with Crippen molar-refractivity contribution < 1.29 is 19.1 Å². The molecule has 2 rings (SSSR count). The highest BCUT2D eigenvalue weighted by Gasteiger charge is 2.16. The Hall–Kier alpha value is -3.15. The van der Waals surface area contributed by atoms with E-state index in [0.717, 1.165) is 17.7 Å². The van der Waals surface area contributed by atoms with E-state index in [1.165, 1.54) is 36.3 Å². The number of amides is 2. The number of nitrogens with one attached hydrogen (secondary N) is 1. The number of para-hydroxylation sites is 1. The maximum absolute atomic E-state index is 12.4. The van der Waals surface area contributed by atoms with Crippen LogP contribution in [0.4, 0.5) is 5.69 Å². The van der Waals surface area contributed by atoms with Gasteiger partial charge in [-0.3, -0.25) is 9.59 Å². The molecule has 0 aliphatic rings. The Morgan fingerprint density at radius 3 is 2.23 bits per heavy atom. The molecule has 0 fully saturated rings. The molecule has 2 aromatic rings. The molecule has 0 aliphatic carbocycles. The highest BCUT2D eigenvalue weighted by molar-refractivity contribution is 6.00. The van der Waals surface area contributed by atoms with Crippen LogP contribution in [0.5, 0.6) is 0 Å². The summed E-state index contributed by atoms with van der Waals surface area (Å²) in [5.41, 5.74) is 2.54. The third-order valence-corrected chi connectivity index (χ3v) is 3.95. The molecule has 6 heteroatoms. The van der Waals surface area contributed by atoms with E-state index in [4.69, 9.17) is 0 Å². The van der Waals surface area contributed by atoms with Gasteiger partial charge in [0, 0.05) is 18.3 Å². The van der Waals surface area contributed by atoms with Crippen LogP contribution in [-0.4, -0.2) is 43.4 Å². The molecule has 2 amide bonds. The zero-order valence-electron chi connectivity index (χ0n) is 15.1. The van der Waals surface area contributed by atoms with Crippen molar-refractivity contribution in [1.82, 2.24) is 4.90 Å². The maximum Gasteiger partial charge on any atom is 0.337 e. The van der Waals surface area contributed by atoms with Crippen LogP contribution in [0.3, 0.4) is 0 Å². The van der Waals surface area contributed by atoms with E-state index < -0.39 is 5.97 Å². The van der Waals surface area contributed by atoms with Crippen LogP contribution in [0.25, 0.3) is 0 Å². The average Bonchev–Trinajstić information content (AvgIpc) is 2.67. The molecule has 0 spiro atoms. The molecule has 0 saturated heterocycles. The van der Waals surface area contributed by atoms with Crippen molar-refractivity contribution in [3.63, 3.8) is 0 Å². The first-order valence-electron chi connectivity index (χ1n) is 8.27. The first-order valence-corrected chi connectivity index (χ1v) is 8.27. The molecular weight excluding hydrogens is 332 g/mol. The predicted octanol–water partition coefficient (Wildman–Crippen LogP) is 2.75. The SMILES string of the molecule is CCc1ccccc1NC(=O)CN(C)C(=O)c1ccc(C(=O)OC)cc1. The first-order chi connectivity index (χ1) is 12.5. The van der Waals surface area contributed by atoms with Crippen LogP contribution in [-0.2, 0) is 16.0 Å². The Labute approximate surface area is 152 Å². The number of carbonyl (C=O) groups is 3. The van der Waals surface area contributed by atoms with Gasteiger partial charge in [-0.25, -0.2) is 4.79 Å². The summed E-state index contributed by atoms with van der Waals surface area (Å²) in [4.78, 5) is 37.4. The molecule has 0 aliphatic heterocycles. The van der Waals surface area contributed by atoms with Gasteiger partial charge in [-0.2, -0.15) is 0 Å². The number of hydrogen-bond acceptors (Lipinski definition) is 4. The van der Waals surface area contributed by atoms with Gasteiger partial charge in [0.05, 0.1) is 19.2 Å². The van der Waals surface area contributed by atoms with Gasteiger partial charge in [0.2, 0.25) is 5.91 Å². The number of methoxy groups -OCH3 is 1. The van der Waals surface area contributed by atoms with Crippen molar-refractivity contribution in [3.8, 4) is 0 Å². The number of carbonyl (C=O) groups excluding carboxylic acids is 3. The number of hydrogen-bond donors (Lipinski definition) is 1. The number of nitrogens with zero attached hydrogens (tertiary/aromatic N) is 1. The second-order valence-corrected chi connectivity index (χ2v) is 5.79. The lowest BCUT2D eigenvalue weighted by atomic mass is 10.1. The molecular formula is C20H22N2O4. The Bertz CT molecular complexity index is 800. The zero-order chi connectivity index (χ0) is 19.1. The highest BCUT2D eigenvalue weighted by Crippen LogP contribution is 2.15. The third-order valence-electron chi connectivity index (χ3n) is 3.95. The van der Waals surface area contributed by atoms with Crippen LogP contribution < -0.4 is 5.32 Å². The van der Waals surface area contributed by atoms with Crippen LogP contribution in [0, 0.1) is 0 Å². The normalized spacial score (nSPS) is 10.1. The minimum Gasteiger partial charge on any atom is -0.465 e.